The summed E-state index contributed by atoms with van der Waals surface area (Å²) in [5.41, 5.74) is 3.21. The quantitative estimate of drug-likeness (QED) is 0.455. The number of benzene rings is 2. The van der Waals surface area contributed by atoms with Crippen LogP contribution in [0.4, 0.5) is 5.95 Å². The van der Waals surface area contributed by atoms with Gasteiger partial charge in [0, 0.05) is 11.6 Å². The van der Waals surface area contributed by atoms with E-state index < -0.39 is 0 Å². The average molecular weight is 449 g/mol. The number of carbonyl (C=O) groups is 1. The van der Waals surface area contributed by atoms with Crippen LogP contribution in [-0.2, 0) is 13.2 Å². The Hall–Kier alpha value is -3.85. The third kappa shape index (κ3) is 4.57. The van der Waals surface area contributed by atoms with Crippen molar-refractivity contribution in [3.8, 4) is 17.2 Å². The maximum absolute atomic E-state index is 12.6. The van der Waals surface area contributed by atoms with Gasteiger partial charge in [0.15, 0.2) is 11.5 Å². The summed E-state index contributed by atoms with van der Waals surface area (Å²) in [6.07, 6.45) is 1.61. The Bertz CT molecular complexity index is 1270. The number of thiophene rings is 1. The average Bonchev–Trinajstić information content (AvgIpc) is 3.53. The van der Waals surface area contributed by atoms with Crippen molar-refractivity contribution in [2.75, 3.05) is 12.1 Å². The Morgan fingerprint density at radius 2 is 2.06 bits per heavy atom. The molecule has 0 fully saturated rings. The molecule has 0 radical (unpaired) electrons. The number of amides is 1. The lowest BCUT2D eigenvalue weighted by Crippen LogP contribution is -2.12. The summed E-state index contributed by atoms with van der Waals surface area (Å²) >= 11 is 1.34. The van der Waals surface area contributed by atoms with Crippen LogP contribution in [0.1, 0.15) is 26.4 Å². The van der Waals surface area contributed by atoms with E-state index in [-0.39, 0.29) is 18.6 Å². The minimum Gasteiger partial charge on any atom is -0.489 e. The fraction of sp³-hybridized carbons (Fsp3) is 0.174. The van der Waals surface area contributed by atoms with Crippen LogP contribution >= 0.6 is 11.3 Å². The van der Waals surface area contributed by atoms with Crippen molar-refractivity contribution in [1.29, 1.82) is 0 Å². The highest BCUT2D eigenvalue weighted by molar-refractivity contribution is 7.12. The van der Waals surface area contributed by atoms with Crippen molar-refractivity contribution in [2.45, 2.75) is 20.1 Å². The second kappa shape index (κ2) is 8.72. The Kier molecular flexibility index (Phi) is 5.47. The zero-order valence-corrected chi connectivity index (χ0v) is 18.1. The van der Waals surface area contributed by atoms with E-state index in [9.17, 15) is 4.79 Å². The molecule has 0 aliphatic carbocycles. The first-order valence-corrected chi connectivity index (χ1v) is 10.9. The predicted molar refractivity (Wildman–Crippen MR) is 119 cm³/mol. The number of aryl methyl sites for hydroxylation is 1. The second-order valence-electron chi connectivity index (χ2n) is 7.33. The number of hydrogen-bond donors (Lipinski definition) is 1. The molecule has 0 unspecified atom stereocenters. The van der Waals surface area contributed by atoms with Crippen LogP contribution in [0.5, 0.6) is 17.2 Å². The van der Waals surface area contributed by atoms with Gasteiger partial charge in [0.05, 0.1) is 11.4 Å². The molecule has 4 aromatic rings. The van der Waals surface area contributed by atoms with Crippen molar-refractivity contribution in [1.82, 2.24) is 14.8 Å². The molecule has 0 saturated carbocycles. The van der Waals surface area contributed by atoms with Gasteiger partial charge in [-0.05, 0) is 36.1 Å². The molecule has 0 bridgehead atoms. The van der Waals surface area contributed by atoms with Crippen molar-refractivity contribution in [2.24, 2.45) is 0 Å². The number of nitrogens with zero attached hydrogens (tertiary/aromatic N) is 3. The number of carbonyl (C=O) groups excluding carboxylic acids is 1. The minimum absolute atomic E-state index is 0.223. The molecule has 0 atom stereocenters. The van der Waals surface area contributed by atoms with Crippen molar-refractivity contribution in [3.05, 3.63) is 81.8 Å². The van der Waals surface area contributed by atoms with Crippen LogP contribution in [0, 0.1) is 6.92 Å². The van der Waals surface area contributed by atoms with Gasteiger partial charge in [0.1, 0.15) is 18.7 Å². The topological polar surface area (TPSA) is 87.5 Å². The van der Waals surface area contributed by atoms with E-state index in [4.69, 9.17) is 14.2 Å². The van der Waals surface area contributed by atoms with E-state index in [0.717, 1.165) is 11.1 Å². The highest BCUT2D eigenvalue weighted by Crippen LogP contribution is 2.35. The Morgan fingerprint density at radius 3 is 2.97 bits per heavy atom. The lowest BCUT2D eigenvalue weighted by Gasteiger charge is -2.05. The van der Waals surface area contributed by atoms with Crippen LogP contribution in [0.2, 0.25) is 0 Å². The molecule has 1 aliphatic rings. The molecule has 162 valence electrons. The smallest absolute Gasteiger partial charge is 0.268 e. The molecule has 1 N–H and O–H groups in total. The fourth-order valence-corrected chi connectivity index (χ4v) is 4.08. The number of rotatable bonds is 7. The van der Waals surface area contributed by atoms with Gasteiger partial charge < -0.3 is 14.2 Å². The summed E-state index contributed by atoms with van der Waals surface area (Å²) in [7, 11) is 0. The van der Waals surface area contributed by atoms with E-state index in [1.165, 1.54) is 16.9 Å². The van der Waals surface area contributed by atoms with Gasteiger partial charge in [-0.25, -0.2) is 9.67 Å². The standard InChI is InChI=1S/C23H20N4O4S/c1-15-3-2-4-16(7-15)10-27-13-24-23(26-27)25-22(28)21-8-17(12-32-21)11-29-18-5-6-19-20(9-18)31-14-30-19/h2-9,12-13H,10-11,14H2,1H3,(H,25,26,28). The Morgan fingerprint density at radius 1 is 1.16 bits per heavy atom. The molecule has 0 saturated heterocycles. The Balaban J connectivity index is 1.17. The largest absolute Gasteiger partial charge is 0.489 e. The summed E-state index contributed by atoms with van der Waals surface area (Å²) in [6.45, 7) is 3.20. The highest BCUT2D eigenvalue weighted by Gasteiger charge is 2.15. The number of ether oxygens (including phenoxy) is 3. The molecule has 1 amide bonds. The van der Waals surface area contributed by atoms with E-state index in [0.29, 0.717) is 35.3 Å². The minimum atomic E-state index is -0.252. The summed E-state index contributed by atoms with van der Waals surface area (Å²) in [5.74, 6) is 2.07. The van der Waals surface area contributed by atoms with Crippen LogP contribution in [0.15, 0.2) is 60.2 Å². The Labute approximate surface area is 188 Å². The SMILES string of the molecule is Cc1cccc(Cn2cnc(NC(=O)c3cc(COc4ccc5c(c4)OCO5)cs3)n2)c1. The van der Waals surface area contributed by atoms with E-state index >= 15 is 0 Å². The lowest BCUT2D eigenvalue weighted by molar-refractivity contribution is 0.102. The third-order valence-corrected chi connectivity index (χ3v) is 5.79. The van der Waals surface area contributed by atoms with E-state index in [1.807, 2.05) is 42.6 Å². The molecular formula is C23H20N4O4S. The highest BCUT2D eigenvalue weighted by atomic mass is 32.1. The molecular weight excluding hydrogens is 428 g/mol. The van der Waals surface area contributed by atoms with Gasteiger partial charge in [-0.2, -0.15) is 0 Å². The summed E-state index contributed by atoms with van der Waals surface area (Å²) < 4.78 is 18.2. The monoisotopic (exact) mass is 448 g/mol. The molecule has 2 aromatic heterocycles. The third-order valence-electron chi connectivity index (χ3n) is 4.82. The number of aromatic nitrogens is 3. The van der Waals surface area contributed by atoms with Crippen molar-refractivity contribution >= 4 is 23.2 Å². The number of fused-ring (bicyclic) bond motifs is 1. The first kappa shape index (κ1) is 20.1. The zero-order valence-electron chi connectivity index (χ0n) is 17.3. The second-order valence-corrected chi connectivity index (χ2v) is 8.24. The van der Waals surface area contributed by atoms with Crippen LogP contribution in [0.25, 0.3) is 0 Å². The van der Waals surface area contributed by atoms with Crippen LogP contribution < -0.4 is 19.5 Å². The summed E-state index contributed by atoms with van der Waals surface area (Å²) in [5, 5.41) is 8.99. The molecule has 3 heterocycles. The van der Waals surface area contributed by atoms with Gasteiger partial charge in [-0.15, -0.1) is 16.4 Å². The molecule has 1 aliphatic heterocycles. The maximum Gasteiger partial charge on any atom is 0.268 e. The molecule has 8 nitrogen and oxygen atoms in total. The van der Waals surface area contributed by atoms with Crippen molar-refractivity contribution < 1.29 is 19.0 Å². The first-order valence-electron chi connectivity index (χ1n) is 9.98. The number of nitrogens with one attached hydrogen (secondary N) is 1. The van der Waals surface area contributed by atoms with Gasteiger partial charge in [0.2, 0.25) is 12.7 Å². The fourth-order valence-electron chi connectivity index (χ4n) is 3.29. The summed E-state index contributed by atoms with van der Waals surface area (Å²) in [6, 6.07) is 15.4. The van der Waals surface area contributed by atoms with Gasteiger partial charge in [-0.3, -0.25) is 10.1 Å². The molecule has 9 heteroatoms. The number of hydrogen-bond acceptors (Lipinski definition) is 7. The van der Waals surface area contributed by atoms with E-state index in [1.54, 1.807) is 23.1 Å². The first-order chi connectivity index (χ1) is 15.6. The molecule has 5 rings (SSSR count). The molecule has 0 spiro atoms. The summed E-state index contributed by atoms with van der Waals surface area (Å²) in [4.78, 5) is 17.3. The van der Waals surface area contributed by atoms with E-state index in [2.05, 4.69) is 21.5 Å². The number of anilines is 1. The predicted octanol–water partition coefficient (Wildman–Crippen LogP) is 4.26. The van der Waals surface area contributed by atoms with Crippen LogP contribution in [0.3, 0.4) is 0 Å². The van der Waals surface area contributed by atoms with Gasteiger partial charge in [-0.1, -0.05) is 29.8 Å². The van der Waals surface area contributed by atoms with Gasteiger partial charge in [0.25, 0.3) is 5.91 Å². The zero-order chi connectivity index (χ0) is 21.9. The lowest BCUT2D eigenvalue weighted by atomic mass is 10.1. The van der Waals surface area contributed by atoms with Crippen molar-refractivity contribution in [3.63, 3.8) is 0 Å². The maximum atomic E-state index is 12.6. The molecule has 2 aromatic carbocycles. The normalized spacial score (nSPS) is 12.0. The molecule has 32 heavy (non-hydrogen) atoms. The van der Waals surface area contributed by atoms with Crippen LogP contribution in [-0.4, -0.2) is 27.5 Å². The van der Waals surface area contributed by atoms with Gasteiger partial charge >= 0.3 is 0 Å².